The SMILES string of the molecule is Cc1cccc(OCC(=O)N2CCN(S(=O)(=O)c3ccc4c(c3)oc(=O)n4C)CC2)c1. The number of sulfonamides is 1. The van der Waals surface area contributed by atoms with Gasteiger partial charge >= 0.3 is 5.76 Å². The number of oxazole rings is 1. The molecule has 0 bridgehead atoms. The standard InChI is InChI=1S/C21H23N3O6S/c1-15-4-3-5-16(12-15)29-14-20(25)23-8-10-24(11-9-23)31(27,28)17-6-7-18-19(13-17)30-21(26)22(18)2/h3-7,12-13H,8-11,14H2,1-2H3. The number of hydrogen-bond donors (Lipinski definition) is 0. The molecule has 1 aliphatic heterocycles. The first-order chi connectivity index (χ1) is 14.8. The van der Waals surface area contributed by atoms with Gasteiger partial charge in [0.15, 0.2) is 12.2 Å². The molecule has 0 saturated carbocycles. The highest BCUT2D eigenvalue weighted by molar-refractivity contribution is 7.89. The molecule has 9 nitrogen and oxygen atoms in total. The first-order valence-electron chi connectivity index (χ1n) is 9.83. The van der Waals surface area contributed by atoms with Gasteiger partial charge in [0.25, 0.3) is 5.91 Å². The molecule has 1 saturated heterocycles. The monoisotopic (exact) mass is 445 g/mol. The van der Waals surface area contributed by atoms with Crippen LogP contribution >= 0.6 is 0 Å². The summed E-state index contributed by atoms with van der Waals surface area (Å²) in [7, 11) is -2.22. The van der Waals surface area contributed by atoms with Crippen LogP contribution in [0.4, 0.5) is 0 Å². The lowest BCUT2D eigenvalue weighted by molar-refractivity contribution is -0.134. The Morgan fingerprint density at radius 2 is 1.84 bits per heavy atom. The van der Waals surface area contributed by atoms with E-state index in [1.54, 1.807) is 24.1 Å². The van der Waals surface area contributed by atoms with Crippen molar-refractivity contribution >= 4 is 27.0 Å². The normalized spacial score (nSPS) is 15.4. The Hall–Kier alpha value is -3.11. The molecule has 164 valence electrons. The highest BCUT2D eigenvalue weighted by atomic mass is 32.2. The summed E-state index contributed by atoms with van der Waals surface area (Å²) in [5.74, 6) is -0.117. The molecule has 1 aliphatic rings. The summed E-state index contributed by atoms with van der Waals surface area (Å²) in [6.07, 6.45) is 0. The summed E-state index contributed by atoms with van der Waals surface area (Å²) in [4.78, 5) is 25.8. The molecule has 0 spiro atoms. The maximum atomic E-state index is 13.0. The van der Waals surface area contributed by atoms with Crippen molar-refractivity contribution in [3.8, 4) is 5.75 Å². The second-order valence-corrected chi connectivity index (χ2v) is 9.38. The number of piperazine rings is 1. The van der Waals surface area contributed by atoms with Crippen molar-refractivity contribution in [3.05, 3.63) is 58.6 Å². The predicted octanol–water partition coefficient (Wildman–Crippen LogP) is 1.35. The zero-order chi connectivity index (χ0) is 22.2. The zero-order valence-electron chi connectivity index (χ0n) is 17.3. The minimum absolute atomic E-state index is 0.0527. The number of amides is 1. The van der Waals surface area contributed by atoms with Crippen molar-refractivity contribution in [3.63, 3.8) is 0 Å². The summed E-state index contributed by atoms with van der Waals surface area (Å²) in [5.41, 5.74) is 1.78. The van der Waals surface area contributed by atoms with Gasteiger partial charge in [0.2, 0.25) is 10.0 Å². The summed E-state index contributed by atoms with van der Waals surface area (Å²) in [6, 6.07) is 11.8. The molecule has 0 N–H and O–H groups in total. The summed E-state index contributed by atoms with van der Waals surface area (Å²) < 4.78 is 39.3. The molecular weight excluding hydrogens is 422 g/mol. The second kappa shape index (κ2) is 8.20. The van der Waals surface area contributed by atoms with Gasteiger partial charge in [0, 0.05) is 39.3 Å². The Morgan fingerprint density at radius 1 is 1.10 bits per heavy atom. The number of benzene rings is 2. The third kappa shape index (κ3) is 4.21. The van der Waals surface area contributed by atoms with E-state index in [4.69, 9.17) is 9.15 Å². The van der Waals surface area contributed by atoms with E-state index in [1.807, 2.05) is 25.1 Å². The van der Waals surface area contributed by atoms with Crippen LogP contribution in [-0.2, 0) is 21.9 Å². The van der Waals surface area contributed by atoms with Crippen molar-refractivity contribution in [1.82, 2.24) is 13.8 Å². The van der Waals surface area contributed by atoms with Gasteiger partial charge in [-0.15, -0.1) is 0 Å². The highest BCUT2D eigenvalue weighted by Gasteiger charge is 2.30. The number of nitrogens with zero attached hydrogens (tertiary/aromatic N) is 3. The Bertz CT molecular complexity index is 1290. The Balaban J connectivity index is 1.39. The highest BCUT2D eigenvalue weighted by Crippen LogP contribution is 2.22. The van der Waals surface area contributed by atoms with Crippen LogP contribution in [0.15, 0.2) is 56.6 Å². The minimum Gasteiger partial charge on any atom is -0.484 e. The number of rotatable bonds is 5. The van der Waals surface area contributed by atoms with E-state index in [1.165, 1.54) is 21.0 Å². The lowest BCUT2D eigenvalue weighted by atomic mass is 10.2. The first kappa shape index (κ1) is 21.1. The molecule has 0 aliphatic carbocycles. The number of hydrogen-bond acceptors (Lipinski definition) is 6. The number of aromatic nitrogens is 1. The number of aryl methyl sites for hydroxylation is 2. The van der Waals surface area contributed by atoms with E-state index in [2.05, 4.69) is 0 Å². The molecule has 3 aromatic rings. The van der Waals surface area contributed by atoms with E-state index in [0.717, 1.165) is 5.56 Å². The fourth-order valence-corrected chi connectivity index (χ4v) is 4.98. The van der Waals surface area contributed by atoms with E-state index < -0.39 is 15.8 Å². The predicted molar refractivity (Wildman–Crippen MR) is 113 cm³/mol. The zero-order valence-corrected chi connectivity index (χ0v) is 18.1. The van der Waals surface area contributed by atoms with Gasteiger partial charge < -0.3 is 14.1 Å². The van der Waals surface area contributed by atoms with E-state index in [-0.39, 0.29) is 49.2 Å². The van der Waals surface area contributed by atoms with Crippen LogP contribution in [0, 0.1) is 6.92 Å². The maximum Gasteiger partial charge on any atom is 0.419 e. The molecule has 1 aromatic heterocycles. The molecule has 31 heavy (non-hydrogen) atoms. The van der Waals surface area contributed by atoms with Gasteiger partial charge in [-0.1, -0.05) is 12.1 Å². The van der Waals surface area contributed by atoms with E-state index in [0.29, 0.717) is 11.3 Å². The Labute approximate surface area is 179 Å². The fraction of sp³-hybridized carbons (Fsp3) is 0.333. The summed E-state index contributed by atoms with van der Waals surface area (Å²) in [5, 5.41) is 0. The van der Waals surface area contributed by atoms with Gasteiger partial charge in [-0.25, -0.2) is 13.2 Å². The molecule has 0 atom stereocenters. The number of fused-ring (bicyclic) bond motifs is 1. The minimum atomic E-state index is -3.77. The van der Waals surface area contributed by atoms with E-state index >= 15 is 0 Å². The average Bonchev–Trinajstić information content (AvgIpc) is 3.05. The van der Waals surface area contributed by atoms with Gasteiger partial charge in [-0.05, 0) is 36.8 Å². The van der Waals surface area contributed by atoms with Crippen LogP contribution < -0.4 is 10.5 Å². The van der Waals surface area contributed by atoms with Crippen molar-refractivity contribution in [2.75, 3.05) is 32.8 Å². The molecular formula is C21H23N3O6S. The van der Waals surface area contributed by atoms with E-state index in [9.17, 15) is 18.0 Å². The lowest BCUT2D eigenvalue weighted by Gasteiger charge is -2.33. The number of ether oxygens (including phenoxy) is 1. The second-order valence-electron chi connectivity index (χ2n) is 7.45. The molecule has 1 fully saturated rings. The van der Waals surface area contributed by atoms with Gasteiger partial charge in [-0.2, -0.15) is 4.31 Å². The smallest absolute Gasteiger partial charge is 0.419 e. The largest absolute Gasteiger partial charge is 0.484 e. The third-order valence-electron chi connectivity index (χ3n) is 5.34. The molecule has 2 aromatic carbocycles. The molecule has 0 unspecified atom stereocenters. The summed E-state index contributed by atoms with van der Waals surface area (Å²) in [6.45, 7) is 2.75. The lowest BCUT2D eigenvalue weighted by Crippen LogP contribution is -2.51. The average molecular weight is 445 g/mol. The van der Waals surface area contributed by atoms with Crippen LogP contribution in [0.25, 0.3) is 11.1 Å². The van der Waals surface area contributed by atoms with Crippen molar-refractivity contribution in [2.24, 2.45) is 7.05 Å². The Morgan fingerprint density at radius 3 is 2.55 bits per heavy atom. The van der Waals surface area contributed by atoms with Crippen molar-refractivity contribution in [2.45, 2.75) is 11.8 Å². The molecule has 4 rings (SSSR count). The number of carbonyl (C=O) groups excluding carboxylic acids is 1. The summed E-state index contributed by atoms with van der Waals surface area (Å²) >= 11 is 0. The molecule has 1 amide bonds. The molecule has 0 radical (unpaired) electrons. The van der Waals surface area contributed by atoms with Crippen LogP contribution in [-0.4, -0.2) is 60.9 Å². The van der Waals surface area contributed by atoms with Crippen LogP contribution in [0.2, 0.25) is 0 Å². The van der Waals surface area contributed by atoms with Crippen LogP contribution in [0.3, 0.4) is 0 Å². The van der Waals surface area contributed by atoms with Gasteiger partial charge in [0.05, 0.1) is 10.4 Å². The third-order valence-corrected chi connectivity index (χ3v) is 7.24. The van der Waals surface area contributed by atoms with Gasteiger partial charge in [0.1, 0.15) is 5.75 Å². The van der Waals surface area contributed by atoms with Crippen molar-refractivity contribution in [1.29, 1.82) is 0 Å². The molecule has 10 heteroatoms. The fourth-order valence-electron chi connectivity index (χ4n) is 3.54. The molecule has 2 heterocycles. The van der Waals surface area contributed by atoms with Crippen LogP contribution in [0.1, 0.15) is 5.56 Å². The van der Waals surface area contributed by atoms with Gasteiger partial charge in [-0.3, -0.25) is 9.36 Å². The van der Waals surface area contributed by atoms with Crippen molar-refractivity contribution < 1.29 is 22.4 Å². The quantitative estimate of drug-likeness (QED) is 0.588. The van der Waals surface area contributed by atoms with Crippen LogP contribution in [0.5, 0.6) is 5.75 Å². The maximum absolute atomic E-state index is 13.0. The first-order valence-corrected chi connectivity index (χ1v) is 11.3. The Kier molecular flexibility index (Phi) is 5.59. The topological polar surface area (TPSA) is 102 Å². The number of carbonyl (C=O) groups is 1.